The molecule has 3 aromatic rings. The third-order valence-electron chi connectivity index (χ3n) is 5.08. The Labute approximate surface area is 182 Å². The van der Waals surface area contributed by atoms with E-state index >= 15 is 0 Å². The van der Waals surface area contributed by atoms with Crippen LogP contribution in [0.15, 0.2) is 64.0 Å². The minimum absolute atomic E-state index is 0.00550. The number of ether oxygens (including phenoxy) is 1. The maximum atomic E-state index is 12.9. The first-order valence-electron chi connectivity index (χ1n) is 9.50. The number of piperidine rings is 1. The predicted octanol–water partition coefficient (Wildman–Crippen LogP) is 5.48. The van der Waals surface area contributed by atoms with Gasteiger partial charge < -0.3 is 4.74 Å². The molecule has 0 atom stereocenters. The highest BCUT2D eigenvalue weighted by molar-refractivity contribution is 9.10. The fraction of sp³-hybridized carbons (Fsp3) is 0.238. The van der Waals surface area contributed by atoms with Gasteiger partial charge in [0.1, 0.15) is 5.75 Å². The van der Waals surface area contributed by atoms with E-state index in [1.165, 1.54) is 16.4 Å². The number of rotatable bonds is 5. The molecule has 4 rings (SSSR count). The standard InChI is InChI=1S/C21H19BrN2O5S/c22-17-6-4-16-13-18(7-5-15(16)12-17)29-21-9-8-19(14-20(21)24(25)26)30(27,28)23-10-2-1-3-11-23/h4-9,12-14H,1-3,10-11H2. The van der Waals surface area contributed by atoms with Crippen molar-refractivity contribution >= 4 is 42.4 Å². The lowest BCUT2D eigenvalue weighted by atomic mass is 10.1. The van der Waals surface area contributed by atoms with Gasteiger partial charge in [0.2, 0.25) is 15.8 Å². The lowest BCUT2D eigenvalue weighted by molar-refractivity contribution is -0.385. The number of hydrogen-bond acceptors (Lipinski definition) is 5. The Morgan fingerprint density at radius 1 is 0.933 bits per heavy atom. The molecule has 0 saturated carbocycles. The predicted molar refractivity (Wildman–Crippen MR) is 117 cm³/mol. The van der Waals surface area contributed by atoms with Crippen molar-refractivity contribution in [3.8, 4) is 11.5 Å². The van der Waals surface area contributed by atoms with Crippen LogP contribution in [-0.4, -0.2) is 30.7 Å². The largest absolute Gasteiger partial charge is 0.450 e. The van der Waals surface area contributed by atoms with Gasteiger partial charge in [0.15, 0.2) is 0 Å². The highest BCUT2D eigenvalue weighted by atomic mass is 79.9. The van der Waals surface area contributed by atoms with Crippen LogP contribution in [0.2, 0.25) is 0 Å². The van der Waals surface area contributed by atoms with Gasteiger partial charge >= 0.3 is 5.69 Å². The van der Waals surface area contributed by atoms with Gasteiger partial charge in [-0.2, -0.15) is 4.31 Å². The summed E-state index contributed by atoms with van der Waals surface area (Å²) in [7, 11) is -3.77. The highest BCUT2D eigenvalue weighted by Gasteiger charge is 2.29. The first-order chi connectivity index (χ1) is 14.3. The maximum absolute atomic E-state index is 12.9. The second-order valence-corrected chi connectivity index (χ2v) is 9.96. The topological polar surface area (TPSA) is 89.8 Å². The number of sulfonamides is 1. The summed E-state index contributed by atoms with van der Waals surface area (Å²) >= 11 is 3.42. The Bertz CT molecular complexity index is 1220. The van der Waals surface area contributed by atoms with Crippen molar-refractivity contribution in [1.82, 2.24) is 4.31 Å². The van der Waals surface area contributed by atoms with Crippen molar-refractivity contribution in [2.24, 2.45) is 0 Å². The van der Waals surface area contributed by atoms with Gasteiger partial charge in [-0.15, -0.1) is 0 Å². The Morgan fingerprint density at radius 3 is 2.37 bits per heavy atom. The fourth-order valence-corrected chi connectivity index (χ4v) is 5.44. The number of nitro groups is 1. The van der Waals surface area contributed by atoms with Gasteiger partial charge in [-0.3, -0.25) is 10.1 Å². The molecule has 1 fully saturated rings. The van der Waals surface area contributed by atoms with Crippen molar-refractivity contribution in [2.75, 3.05) is 13.1 Å². The van der Waals surface area contributed by atoms with Crippen molar-refractivity contribution in [1.29, 1.82) is 0 Å². The summed E-state index contributed by atoms with van der Waals surface area (Å²) < 4.78 is 33.8. The van der Waals surface area contributed by atoms with Crippen LogP contribution < -0.4 is 4.74 Å². The van der Waals surface area contributed by atoms with Crippen LogP contribution in [0.25, 0.3) is 10.8 Å². The average molecular weight is 491 g/mol. The smallest absolute Gasteiger partial charge is 0.312 e. The number of nitrogens with zero attached hydrogens (tertiary/aromatic N) is 2. The molecule has 7 nitrogen and oxygen atoms in total. The number of hydrogen-bond donors (Lipinski definition) is 0. The summed E-state index contributed by atoms with van der Waals surface area (Å²) in [5.74, 6) is 0.425. The van der Waals surface area contributed by atoms with E-state index in [9.17, 15) is 18.5 Å². The summed E-state index contributed by atoms with van der Waals surface area (Å²) in [5, 5.41) is 13.5. The van der Waals surface area contributed by atoms with Gasteiger partial charge in [0.25, 0.3) is 0 Å². The van der Waals surface area contributed by atoms with Crippen LogP contribution in [-0.2, 0) is 10.0 Å². The summed E-state index contributed by atoms with van der Waals surface area (Å²) in [5.41, 5.74) is -0.385. The normalized spacial score (nSPS) is 15.2. The summed E-state index contributed by atoms with van der Waals surface area (Å²) in [6, 6.07) is 14.9. The molecule has 3 aromatic carbocycles. The van der Waals surface area contributed by atoms with Crippen LogP contribution in [0.4, 0.5) is 5.69 Å². The zero-order valence-electron chi connectivity index (χ0n) is 16.0. The number of benzene rings is 3. The van der Waals surface area contributed by atoms with Gasteiger partial charge in [0, 0.05) is 23.6 Å². The van der Waals surface area contributed by atoms with Crippen LogP contribution in [0.5, 0.6) is 11.5 Å². The first-order valence-corrected chi connectivity index (χ1v) is 11.7. The first kappa shape index (κ1) is 20.8. The van der Waals surface area contributed by atoms with Crippen LogP contribution in [0.1, 0.15) is 19.3 Å². The number of nitro benzene ring substituents is 1. The Hall–Kier alpha value is -2.49. The van der Waals surface area contributed by atoms with Crippen molar-refractivity contribution in [3.05, 3.63) is 69.2 Å². The lowest BCUT2D eigenvalue weighted by Gasteiger charge is -2.25. The summed E-state index contributed by atoms with van der Waals surface area (Å²) in [6.07, 6.45) is 2.57. The number of fused-ring (bicyclic) bond motifs is 1. The minimum Gasteiger partial charge on any atom is -0.450 e. The van der Waals surface area contributed by atoms with E-state index < -0.39 is 14.9 Å². The molecule has 1 aliphatic rings. The molecule has 156 valence electrons. The van der Waals surface area contributed by atoms with E-state index in [4.69, 9.17) is 4.74 Å². The molecule has 1 aliphatic heterocycles. The molecule has 1 saturated heterocycles. The van der Waals surface area contributed by atoms with Crippen LogP contribution in [0, 0.1) is 10.1 Å². The third kappa shape index (κ3) is 4.19. The van der Waals surface area contributed by atoms with Crippen molar-refractivity contribution in [2.45, 2.75) is 24.2 Å². The molecular formula is C21H19BrN2O5S. The molecule has 9 heteroatoms. The Morgan fingerprint density at radius 2 is 1.63 bits per heavy atom. The second kappa shape index (κ2) is 8.33. The zero-order valence-corrected chi connectivity index (χ0v) is 18.4. The van der Waals surface area contributed by atoms with E-state index in [1.807, 2.05) is 24.3 Å². The van der Waals surface area contributed by atoms with Gasteiger partial charge in [0.05, 0.1) is 9.82 Å². The molecule has 0 aromatic heterocycles. The molecule has 0 unspecified atom stereocenters. The van der Waals surface area contributed by atoms with Crippen LogP contribution >= 0.6 is 15.9 Å². The molecular weight excluding hydrogens is 472 g/mol. The lowest BCUT2D eigenvalue weighted by Crippen LogP contribution is -2.35. The zero-order chi connectivity index (χ0) is 21.3. The highest BCUT2D eigenvalue weighted by Crippen LogP contribution is 2.35. The van der Waals surface area contributed by atoms with E-state index in [2.05, 4.69) is 15.9 Å². The van der Waals surface area contributed by atoms with Gasteiger partial charge in [-0.1, -0.05) is 34.5 Å². The van der Waals surface area contributed by atoms with E-state index in [1.54, 1.807) is 12.1 Å². The van der Waals surface area contributed by atoms with Gasteiger partial charge in [-0.25, -0.2) is 8.42 Å². The molecule has 0 bridgehead atoms. The van der Waals surface area contributed by atoms with E-state index in [0.29, 0.717) is 18.8 Å². The molecule has 0 aliphatic carbocycles. The molecule has 0 radical (unpaired) electrons. The number of halogens is 1. The second-order valence-electron chi connectivity index (χ2n) is 7.11. The van der Waals surface area contributed by atoms with Crippen LogP contribution in [0.3, 0.4) is 0 Å². The molecule has 0 N–H and O–H groups in total. The Balaban J connectivity index is 1.67. The van der Waals surface area contributed by atoms with E-state index in [-0.39, 0.29) is 16.3 Å². The van der Waals surface area contributed by atoms with Gasteiger partial charge in [-0.05, 0) is 60.0 Å². The molecule has 0 spiro atoms. The molecule has 30 heavy (non-hydrogen) atoms. The van der Waals surface area contributed by atoms with Crippen molar-refractivity contribution < 1.29 is 18.1 Å². The molecule has 1 heterocycles. The quantitative estimate of drug-likeness (QED) is 0.349. The average Bonchev–Trinajstić information content (AvgIpc) is 2.74. The summed E-state index contributed by atoms with van der Waals surface area (Å²) in [4.78, 5) is 10.9. The monoisotopic (exact) mass is 490 g/mol. The molecule has 0 amide bonds. The SMILES string of the molecule is O=[N+]([O-])c1cc(S(=O)(=O)N2CCCCC2)ccc1Oc1ccc2cc(Br)ccc2c1. The van der Waals surface area contributed by atoms with Crippen molar-refractivity contribution in [3.63, 3.8) is 0 Å². The maximum Gasteiger partial charge on any atom is 0.312 e. The third-order valence-corrected chi connectivity index (χ3v) is 7.47. The van der Waals surface area contributed by atoms with E-state index in [0.717, 1.165) is 40.6 Å². The Kier molecular flexibility index (Phi) is 5.77. The fourth-order valence-electron chi connectivity index (χ4n) is 3.53. The minimum atomic E-state index is -3.77. The summed E-state index contributed by atoms with van der Waals surface area (Å²) in [6.45, 7) is 0.864.